The van der Waals surface area contributed by atoms with E-state index in [-0.39, 0.29) is 5.91 Å². The van der Waals surface area contributed by atoms with Gasteiger partial charge in [-0.15, -0.1) is 0 Å². The van der Waals surface area contributed by atoms with Crippen molar-refractivity contribution < 1.29 is 14.3 Å². The summed E-state index contributed by atoms with van der Waals surface area (Å²) in [5.74, 6) is 0.134. The van der Waals surface area contributed by atoms with Gasteiger partial charge in [0, 0.05) is 26.2 Å². The Labute approximate surface area is 114 Å². The predicted molar refractivity (Wildman–Crippen MR) is 72.9 cm³/mol. The fourth-order valence-corrected chi connectivity index (χ4v) is 1.84. The third-order valence-corrected chi connectivity index (χ3v) is 2.70. The Balaban J connectivity index is 2.01. The Morgan fingerprint density at radius 3 is 2.37 bits per heavy atom. The van der Waals surface area contributed by atoms with Gasteiger partial charge in [-0.1, -0.05) is 0 Å². The van der Waals surface area contributed by atoms with Crippen LogP contribution in [0.15, 0.2) is 0 Å². The minimum atomic E-state index is -0.483. The molecule has 0 unspecified atom stereocenters. The summed E-state index contributed by atoms with van der Waals surface area (Å²) in [6.07, 6.45) is 1.78. The molecular formula is C13H25N3O3. The summed E-state index contributed by atoms with van der Waals surface area (Å²) in [7, 11) is 0. The Kier molecular flexibility index (Phi) is 6.08. The van der Waals surface area contributed by atoms with Crippen molar-refractivity contribution in [3.05, 3.63) is 0 Å². The monoisotopic (exact) mass is 271 g/mol. The molecule has 19 heavy (non-hydrogen) atoms. The highest BCUT2D eigenvalue weighted by Crippen LogP contribution is 2.07. The zero-order valence-electron chi connectivity index (χ0n) is 12.1. The van der Waals surface area contributed by atoms with Gasteiger partial charge in [-0.2, -0.15) is 0 Å². The number of nitrogens with one attached hydrogen (secondary N) is 2. The minimum absolute atomic E-state index is 0.134. The lowest BCUT2D eigenvalue weighted by molar-refractivity contribution is -0.129. The number of hydrogen-bond donors (Lipinski definition) is 2. The van der Waals surface area contributed by atoms with Crippen molar-refractivity contribution in [2.45, 2.75) is 39.2 Å². The molecule has 110 valence electrons. The molecule has 0 aromatic carbocycles. The van der Waals surface area contributed by atoms with E-state index in [0.717, 1.165) is 25.9 Å². The highest BCUT2D eigenvalue weighted by molar-refractivity contribution is 5.78. The van der Waals surface area contributed by atoms with Crippen molar-refractivity contribution >= 4 is 12.0 Å². The lowest BCUT2D eigenvalue weighted by Gasteiger charge is -2.19. The largest absolute Gasteiger partial charge is 0.444 e. The van der Waals surface area contributed by atoms with E-state index < -0.39 is 11.7 Å². The molecule has 0 aromatic rings. The molecule has 2 N–H and O–H groups in total. The molecule has 6 heteroatoms. The fourth-order valence-electron chi connectivity index (χ4n) is 1.84. The van der Waals surface area contributed by atoms with E-state index in [4.69, 9.17) is 4.74 Å². The molecule has 6 nitrogen and oxygen atoms in total. The van der Waals surface area contributed by atoms with E-state index in [1.54, 1.807) is 0 Å². The number of alkyl carbamates (subject to hydrolysis) is 1. The maximum absolute atomic E-state index is 11.7. The summed E-state index contributed by atoms with van der Waals surface area (Å²) in [4.78, 5) is 24.9. The SMILES string of the molecule is CC(C)(C)OC(=O)NCCNCC(=O)N1CCCC1. The molecule has 0 radical (unpaired) electrons. The van der Waals surface area contributed by atoms with Gasteiger partial charge in [0.05, 0.1) is 6.54 Å². The summed E-state index contributed by atoms with van der Waals surface area (Å²) >= 11 is 0. The molecular weight excluding hydrogens is 246 g/mol. The van der Waals surface area contributed by atoms with Gasteiger partial charge in [-0.05, 0) is 33.6 Å². The van der Waals surface area contributed by atoms with Crippen molar-refractivity contribution in [1.29, 1.82) is 0 Å². The predicted octanol–water partition coefficient (Wildman–Crippen LogP) is 0.723. The average Bonchev–Trinajstić information content (AvgIpc) is 2.79. The minimum Gasteiger partial charge on any atom is -0.444 e. The number of nitrogens with zero attached hydrogens (tertiary/aromatic N) is 1. The van der Waals surface area contributed by atoms with E-state index in [1.165, 1.54) is 0 Å². The second kappa shape index (κ2) is 7.33. The van der Waals surface area contributed by atoms with Gasteiger partial charge in [0.2, 0.25) is 5.91 Å². The summed E-state index contributed by atoms with van der Waals surface area (Å²) in [5.41, 5.74) is -0.483. The van der Waals surface area contributed by atoms with E-state index in [9.17, 15) is 9.59 Å². The standard InChI is InChI=1S/C13H25N3O3/c1-13(2,3)19-12(18)15-7-6-14-10-11(17)16-8-4-5-9-16/h14H,4-10H2,1-3H3,(H,15,18). The Morgan fingerprint density at radius 1 is 1.16 bits per heavy atom. The molecule has 0 bridgehead atoms. The number of rotatable bonds is 5. The van der Waals surface area contributed by atoms with Crippen LogP contribution in [-0.2, 0) is 9.53 Å². The lowest BCUT2D eigenvalue weighted by Crippen LogP contribution is -2.40. The first-order chi connectivity index (χ1) is 8.88. The molecule has 1 aliphatic heterocycles. The lowest BCUT2D eigenvalue weighted by atomic mass is 10.2. The average molecular weight is 271 g/mol. The molecule has 0 aromatic heterocycles. The van der Waals surface area contributed by atoms with Crippen molar-refractivity contribution in [2.24, 2.45) is 0 Å². The number of likely N-dealkylation sites (tertiary alicyclic amines) is 1. The number of ether oxygens (including phenoxy) is 1. The smallest absolute Gasteiger partial charge is 0.407 e. The molecule has 0 aliphatic carbocycles. The van der Waals surface area contributed by atoms with Crippen LogP contribution in [0, 0.1) is 0 Å². The van der Waals surface area contributed by atoms with Crippen LogP contribution >= 0.6 is 0 Å². The summed E-state index contributed by atoms with van der Waals surface area (Å²) in [6, 6.07) is 0. The van der Waals surface area contributed by atoms with E-state index in [0.29, 0.717) is 19.6 Å². The van der Waals surface area contributed by atoms with Crippen LogP contribution in [-0.4, -0.2) is 55.2 Å². The fraction of sp³-hybridized carbons (Fsp3) is 0.846. The van der Waals surface area contributed by atoms with Crippen molar-refractivity contribution in [2.75, 3.05) is 32.7 Å². The molecule has 0 atom stereocenters. The number of carbonyl (C=O) groups is 2. The van der Waals surface area contributed by atoms with E-state index >= 15 is 0 Å². The van der Waals surface area contributed by atoms with Gasteiger partial charge in [0.1, 0.15) is 5.60 Å². The first-order valence-corrected chi connectivity index (χ1v) is 6.84. The second-order valence-electron chi connectivity index (χ2n) is 5.69. The van der Waals surface area contributed by atoms with Gasteiger partial charge < -0.3 is 20.3 Å². The van der Waals surface area contributed by atoms with Crippen molar-refractivity contribution in [1.82, 2.24) is 15.5 Å². The van der Waals surface area contributed by atoms with Crippen LogP contribution in [0.25, 0.3) is 0 Å². The first kappa shape index (κ1) is 15.8. The highest BCUT2D eigenvalue weighted by Gasteiger charge is 2.17. The van der Waals surface area contributed by atoms with Crippen LogP contribution in [0.4, 0.5) is 4.79 Å². The van der Waals surface area contributed by atoms with Crippen LogP contribution in [0.2, 0.25) is 0 Å². The Morgan fingerprint density at radius 2 is 1.79 bits per heavy atom. The third kappa shape index (κ3) is 7.00. The van der Waals surface area contributed by atoms with Crippen LogP contribution in [0.1, 0.15) is 33.6 Å². The molecule has 1 heterocycles. The molecule has 1 saturated heterocycles. The number of carbonyl (C=O) groups excluding carboxylic acids is 2. The van der Waals surface area contributed by atoms with Crippen LogP contribution in [0.5, 0.6) is 0 Å². The van der Waals surface area contributed by atoms with E-state index in [1.807, 2.05) is 25.7 Å². The summed E-state index contributed by atoms with van der Waals surface area (Å²) in [6.45, 7) is 8.53. The van der Waals surface area contributed by atoms with Gasteiger partial charge in [-0.25, -0.2) is 4.79 Å². The molecule has 1 aliphatic rings. The summed E-state index contributed by atoms with van der Waals surface area (Å²) in [5, 5.41) is 5.65. The quantitative estimate of drug-likeness (QED) is 0.723. The van der Waals surface area contributed by atoms with E-state index in [2.05, 4.69) is 10.6 Å². The molecule has 2 amide bonds. The maximum Gasteiger partial charge on any atom is 0.407 e. The van der Waals surface area contributed by atoms with Crippen molar-refractivity contribution in [3.8, 4) is 0 Å². The molecule has 1 rings (SSSR count). The van der Waals surface area contributed by atoms with Gasteiger partial charge in [0.25, 0.3) is 0 Å². The molecule has 1 fully saturated rings. The number of amides is 2. The molecule has 0 spiro atoms. The zero-order chi connectivity index (χ0) is 14.3. The van der Waals surface area contributed by atoms with Gasteiger partial charge in [0.15, 0.2) is 0 Å². The van der Waals surface area contributed by atoms with Gasteiger partial charge >= 0.3 is 6.09 Å². The zero-order valence-corrected chi connectivity index (χ0v) is 12.1. The van der Waals surface area contributed by atoms with Crippen LogP contribution < -0.4 is 10.6 Å². The Hall–Kier alpha value is -1.30. The molecule has 0 saturated carbocycles. The van der Waals surface area contributed by atoms with Crippen molar-refractivity contribution in [3.63, 3.8) is 0 Å². The summed E-state index contributed by atoms with van der Waals surface area (Å²) < 4.78 is 5.09. The normalized spacial score (nSPS) is 15.4. The second-order valence-corrected chi connectivity index (χ2v) is 5.69. The number of hydrogen-bond acceptors (Lipinski definition) is 4. The highest BCUT2D eigenvalue weighted by atomic mass is 16.6. The Bertz CT molecular complexity index is 307. The van der Waals surface area contributed by atoms with Gasteiger partial charge in [-0.3, -0.25) is 4.79 Å². The maximum atomic E-state index is 11.7. The topological polar surface area (TPSA) is 70.7 Å². The van der Waals surface area contributed by atoms with Crippen LogP contribution in [0.3, 0.4) is 0 Å². The first-order valence-electron chi connectivity index (χ1n) is 6.84. The third-order valence-electron chi connectivity index (χ3n) is 2.70.